The highest BCUT2D eigenvalue weighted by Crippen LogP contribution is 2.25. The zero-order valence-electron chi connectivity index (χ0n) is 9.12. The Morgan fingerprint density at radius 2 is 2.17 bits per heavy atom. The third kappa shape index (κ3) is 2.67. The molecule has 0 saturated heterocycles. The van der Waals surface area contributed by atoms with Gasteiger partial charge in [-0.3, -0.25) is 9.97 Å². The van der Waals surface area contributed by atoms with E-state index in [1.165, 1.54) is 24.8 Å². The number of nitrogens with two attached hydrogens (primary N) is 1. The molecule has 0 aliphatic rings. The van der Waals surface area contributed by atoms with Crippen LogP contribution in [0, 0.1) is 0 Å². The molecule has 0 amide bonds. The number of hydrogen-bond donors (Lipinski definition) is 2. The van der Waals surface area contributed by atoms with Crippen molar-refractivity contribution in [2.24, 2.45) is 10.9 Å². The van der Waals surface area contributed by atoms with Gasteiger partial charge in [-0.1, -0.05) is 16.8 Å². The van der Waals surface area contributed by atoms with Crippen molar-refractivity contribution in [3.8, 4) is 11.5 Å². The van der Waals surface area contributed by atoms with Crippen LogP contribution in [0.25, 0.3) is 0 Å². The van der Waals surface area contributed by atoms with E-state index >= 15 is 0 Å². The van der Waals surface area contributed by atoms with E-state index in [9.17, 15) is 0 Å². The molecule has 92 valence electrons. The summed E-state index contributed by atoms with van der Waals surface area (Å²) in [6.45, 7) is 0. The van der Waals surface area contributed by atoms with Gasteiger partial charge in [-0.2, -0.15) is 0 Å². The zero-order valence-corrected chi connectivity index (χ0v) is 9.87. The average molecular weight is 265 g/mol. The number of oxime groups is 1. The van der Waals surface area contributed by atoms with E-state index in [0.717, 1.165) is 0 Å². The maximum absolute atomic E-state index is 8.68. The van der Waals surface area contributed by atoms with Crippen LogP contribution in [-0.4, -0.2) is 21.0 Å². The molecule has 0 bridgehead atoms. The van der Waals surface area contributed by atoms with Crippen LogP contribution in [0.15, 0.2) is 42.1 Å². The Balaban J connectivity index is 2.35. The largest absolute Gasteiger partial charge is 0.453 e. The minimum atomic E-state index is -0.0672. The van der Waals surface area contributed by atoms with Crippen LogP contribution in [0.3, 0.4) is 0 Å². The third-order valence-electron chi connectivity index (χ3n) is 2.08. The number of nitrogens with zero attached hydrogens (tertiary/aromatic N) is 3. The molecular formula is C11H9ClN4O2. The SMILES string of the molecule is N/C(=N/O)c1ccncc1Oc1cncc(Cl)c1. The highest BCUT2D eigenvalue weighted by Gasteiger charge is 2.09. The minimum absolute atomic E-state index is 0.0672. The monoisotopic (exact) mass is 264 g/mol. The molecule has 2 rings (SSSR count). The molecule has 2 heterocycles. The lowest BCUT2D eigenvalue weighted by molar-refractivity contribution is 0.318. The standard InChI is InChI=1S/C11H9ClN4O2/c12-7-3-8(5-15-4-7)18-10-6-14-2-1-9(10)11(13)16-17/h1-6,17H,(H2,13,16). The van der Waals surface area contributed by atoms with Gasteiger partial charge in [-0.05, 0) is 6.07 Å². The van der Waals surface area contributed by atoms with Crippen molar-refractivity contribution in [2.45, 2.75) is 0 Å². The van der Waals surface area contributed by atoms with Crippen LogP contribution >= 0.6 is 11.6 Å². The lowest BCUT2D eigenvalue weighted by Crippen LogP contribution is -2.14. The fraction of sp³-hybridized carbons (Fsp3) is 0. The Hall–Kier alpha value is -2.34. The summed E-state index contributed by atoms with van der Waals surface area (Å²) in [4.78, 5) is 7.80. The number of halogens is 1. The first-order valence-electron chi connectivity index (χ1n) is 4.91. The first-order chi connectivity index (χ1) is 8.70. The van der Waals surface area contributed by atoms with Gasteiger partial charge >= 0.3 is 0 Å². The van der Waals surface area contributed by atoms with Crippen molar-refractivity contribution in [3.05, 3.63) is 47.5 Å². The third-order valence-corrected chi connectivity index (χ3v) is 2.28. The van der Waals surface area contributed by atoms with E-state index in [4.69, 9.17) is 27.3 Å². The number of ether oxygens (including phenoxy) is 1. The molecule has 0 unspecified atom stereocenters. The predicted molar refractivity (Wildman–Crippen MR) is 66.1 cm³/mol. The zero-order chi connectivity index (χ0) is 13.0. The fourth-order valence-corrected chi connectivity index (χ4v) is 1.47. The predicted octanol–water partition coefficient (Wildman–Crippen LogP) is 2.02. The number of rotatable bonds is 3. The maximum Gasteiger partial charge on any atom is 0.173 e. The topological polar surface area (TPSA) is 93.6 Å². The van der Waals surface area contributed by atoms with Crippen molar-refractivity contribution >= 4 is 17.4 Å². The average Bonchev–Trinajstić information content (AvgIpc) is 2.38. The summed E-state index contributed by atoms with van der Waals surface area (Å²) in [5.41, 5.74) is 5.95. The second-order valence-corrected chi connectivity index (χ2v) is 3.73. The molecule has 6 nitrogen and oxygen atoms in total. The molecule has 0 spiro atoms. The molecular weight excluding hydrogens is 256 g/mol. The van der Waals surface area contributed by atoms with E-state index in [-0.39, 0.29) is 5.84 Å². The number of pyridine rings is 2. The quantitative estimate of drug-likeness (QED) is 0.383. The van der Waals surface area contributed by atoms with Gasteiger partial charge in [0.15, 0.2) is 11.6 Å². The van der Waals surface area contributed by atoms with Crippen molar-refractivity contribution < 1.29 is 9.94 Å². The van der Waals surface area contributed by atoms with Gasteiger partial charge in [-0.15, -0.1) is 0 Å². The highest BCUT2D eigenvalue weighted by atomic mass is 35.5. The van der Waals surface area contributed by atoms with Gasteiger partial charge in [0.05, 0.1) is 23.0 Å². The maximum atomic E-state index is 8.68. The molecule has 2 aromatic rings. The van der Waals surface area contributed by atoms with Gasteiger partial charge < -0.3 is 15.7 Å². The van der Waals surface area contributed by atoms with E-state index in [0.29, 0.717) is 22.1 Å². The smallest absolute Gasteiger partial charge is 0.173 e. The normalized spacial score (nSPS) is 11.3. The van der Waals surface area contributed by atoms with E-state index < -0.39 is 0 Å². The number of aromatic nitrogens is 2. The van der Waals surface area contributed by atoms with Gasteiger partial charge in [-0.25, -0.2) is 0 Å². The van der Waals surface area contributed by atoms with Crippen LogP contribution < -0.4 is 10.5 Å². The summed E-state index contributed by atoms with van der Waals surface area (Å²) in [6.07, 6.45) is 5.95. The van der Waals surface area contributed by atoms with Crippen LogP contribution in [0.4, 0.5) is 0 Å². The van der Waals surface area contributed by atoms with E-state index in [1.807, 2.05) is 0 Å². The Bertz CT molecular complexity index is 589. The molecule has 3 N–H and O–H groups in total. The molecule has 0 aliphatic heterocycles. The van der Waals surface area contributed by atoms with Gasteiger partial charge in [0.1, 0.15) is 5.75 Å². The van der Waals surface area contributed by atoms with Crippen LogP contribution in [0.2, 0.25) is 5.02 Å². The first-order valence-corrected chi connectivity index (χ1v) is 5.29. The Labute approximate surface area is 108 Å². The van der Waals surface area contributed by atoms with Crippen LogP contribution in [-0.2, 0) is 0 Å². The van der Waals surface area contributed by atoms with Crippen molar-refractivity contribution in [3.63, 3.8) is 0 Å². The molecule has 0 atom stereocenters. The lowest BCUT2D eigenvalue weighted by atomic mass is 10.2. The summed E-state index contributed by atoms with van der Waals surface area (Å²) in [5.74, 6) is 0.710. The molecule has 0 radical (unpaired) electrons. The highest BCUT2D eigenvalue weighted by molar-refractivity contribution is 6.30. The Morgan fingerprint density at radius 3 is 2.89 bits per heavy atom. The van der Waals surface area contributed by atoms with Crippen LogP contribution in [0.5, 0.6) is 11.5 Å². The van der Waals surface area contributed by atoms with Gasteiger partial charge in [0.2, 0.25) is 0 Å². The van der Waals surface area contributed by atoms with Gasteiger partial charge in [0, 0.05) is 18.5 Å². The summed E-state index contributed by atoms with van der Waals surface area (Å²) in [5, 5.41) is 12.0. The Kier molecular flexibility index (Phi) is 3.59. The summed E-state index contributed by atoms with van der Waals surface area (Å²) >= 11 is 5.79. The van der Waals surface area contributed by atoms with E-state index in [2.05, 4.69) is 15.1 Å². The van der Waals surface area contributed by atoms with Crippen LogP contribution in [0.1, 0.15) is 5.56 Å². The van der Waals surface area contributed by atoms with Crippen molar-refractivity contribution in [1.82, 2.24) is 9.97 Å². The number of amidine groups is 1. The Morgan fingerprint density at radius 1 is 1.33 bits per heavy atom. The minimum Gasteiger partial charge on any atom is -0.453 e. The molecule has 18 heavy (non-hydrogen) atoms. The number of hydrogen-bond acceptors (Lipinski definition) is 5. The summed E-state index contributed by atoms with van der Waals surface area (Å²) in [7, 11) is 0. The van der Waals surface area contributed by atoms with Gasteiger partial charge in [0.25, 0.3) is 0 Å². The summed E-state index contributed by atoms with van der Waals surface area (Å²) in [6, 6.07) is 3.17. The molecule has 0 aliphatic carbocycles. The molecule has 0 aromatic carbocycles. The van der Waals surface area contributed by atoms with E-state index in [1.54, 1.807) is 12.1 Å². The van der Waals surface area contributed by atoms with Crippen molar-refractivity contribution in [1.29, 1.82) is 0 Å². The molecule has 7 heteroatoms. The lowest BCUT2D eigenvalue weighted by Gasteiger charge is -2.09. The summed E-state index contributed by atoms with van der Waals surface area (Å²) < 4.78 is 5.53. The molecule has 2 aromatic heterocycles. The fourth-order valence-electron chi connectivity index (χ4n) is 1.30. The van der Waals surface area contributed by atoms with Crippen molar-refractivity contribution in [2.75, 3.05) is 0 Å². The molecule has 0 saturated carbocycles. The second kappa shape index (κ2) is 5.33. The second-order valence-electron chi connectivity index (χ2n) is 3.30. The first kappa shape index (κ1) is 12.1. The molecule has 0 fully saturated rings.